The number of para-hydroxylation sites is 1. The van der Waals surface area contributed by atoms with E-state index >= 15 is 0 Å². The van der Waals surface area contributed by atoms with Crippen molar-refractivity contribution in [3.63, 3.8) is 0 Å². The molecule has 0 spiro atoms. The Labute approximate surface area is 135 Å². The fourth-order valence-electron chi connectivity index (χ4n) is 2.85. The number of benzene rings is 1. The molecular weight excluding hydrogens is 298 g/mol. The van der Waals surface area contributed by atoms with Gasteiger partial charge in [-0.3, -0.25) is 0 Å². The van der Waals surface area contributed by atoms with E-state index in [1.54, 1.807) is 0 Å². The predicted octanol–water partition coefficient (Wildman–Crippen LogP) is 4.71. The molecule has 0 aliphatic carbocycles. The monoisotopic (exact) mass is 321 g/mol. The first-order valence-corrected chi connectivity index (χ1v) is 9.84. The van der Waals surface area contributed by atoms with Crippen LogP contribution >= 0.6 is 23.5 Å². The largest absolute Gasteiger partial charge is 0.459 e. The number of rotatable bonds is 5. The van der Waals surface area contributed by atoms with Gasteiger partial charge in [-0.2, -0.15) is 23.5 Å². The lowest BCUT2D eigenvalue weighted by atomic mass is 10.1. The van der Waals surface area contributed by atoms with Crippen LogP contribution < -0.4 is 5.32 Å². The Balaban J connectivity index is 1.90. The number of nitrogens with one attached hydrogen (secondary N) is 1. The van der Waals surface area contributed by atoms with Gasteiger partial charge in [0.25, 0.3) is 0 Å². The molecule has 2 aromatic rings. The number of thioether (sulfide) groups is 2. The average molecular weight is 322 g/mol. The Morgan fingerprint density at radius 1 is 1.29 bits per heavy atom. The maximum Gasteiger partial charge on any atom is 0.134 e. The van der Waals surface area contributed by atoms with Gasteiger partial charge in [-0.15, -0.1) is 0 Å². The lowest BCUT2D eigenvalue weighted by Gasteiger charge is -2.34. The Morgan fingerprint density at radius 3 is 2.86 bits per heavy atom. The molecule has 1 fully saturated rings. The van der Waals surface area contributed by atoms with Gasteiger partial charge in [0.05, 0.1) is 6.04 Å². The molecule has 114 valence electrons. The van der Waals surface area contributed by atoms with E-state index in [1.165, 1.54) is 16.9 Å². The van der Waals surface area contributed by atoms with Gasteiger partial charge < -0.3 is 9.73 Å². The molecule has 2 nitrogen and oxygen atoms in total. The zero-order valence-electron chi connectivity index (χ0n) is 12.7. The van der Waals surface area contributed by atoms with Gasteiger partial charge in [-0.05, 0) is 25.1 Å². The Kier molecular flexibility index (Phi) is 5.19. The van der Waals surface area contributed by atoms with Gasteiger partial charge in [-0.25, -0.2) is 0 Å². The van der Waals surface area contributed by atoms with Gasteiger partial charge in [0, 0.05) is 27.4 Å². The van der Waals surface area contributed by atoms with Crippen molar-refractivity contribution in [3.05, 3.63) is 36.1 Å². The predicted molar refractivity (Wildman–Crippen MR) is 95.4 cm³/mol. The topological polar surface area (TPSA) is 25.2 Å². The van der Waals surface area contributed by atoms with E-state index in [-0.39, 0.29) is 0 Å². The highest BCUT2D eigenvalue weighted by Gasteiger charge is 2.33. The molecule has 1 aliphatic heterocycles. The summed E-state index contributed by atoms with van der Waals surface area (Å²) in [7, 11) is 0. The van der Waals surface area contributed by atoms with Crippen molar-refractivity contribution in [1.29, 1.82) is 0 Å². The summed E-state index contributed by atoms with van der Waals surface area (Å²) in [5, 5.41) is 6.16. The van der Waals surface area contributed by atoms with E-state index in [4.69, 9.17) is 4.42 Å². The smallest absolute Gasteiger partial charge is 0.134 e. The molecule has 1 saturated heterocycles. The van der Waals surface area contributed by atoms with Gasteiger partial charge in [0.2, 0.25) is 0 Å². The minimum absolute atomic E-state index is 0.310. The van der Waals surface area contributed by atoms with E-state index in [2.05, 4.69) is 67.0 Å². The van der Waals surface area contributed by atoms with Gasteiger partial charge in [0.1, 0.15) is 11.3 Å². The highest BCUT2D eigenvalue weighted by molar-refractivity contribution is 8.07. The van der Waals surface area contributed by atoms with E-state index in [0.717, 1.165) is 24.3 Å². The second-order valence-electron chi connectivity index (χ2n) is 5.53. The second kappa shape index (κ2) is 7.12. The Morgan fingerprint density at radius 2 is 2.10 bits per heavy atom. The van der Waals surface area contributed by atoms with Crippen LogP contribution in [0.2, 0.25) is 0 Å². The zero-order valence-corrected chi connectivity index (χ0v) is 14.3. The minimum atomic E-state index is 0.310. The summed E-state index contributed by atoms with van der Waals surface area (Å²) in [4.78, 5) is 0. The van der Waals surface area contributed by atoms with Crippen molar-refractivity contribution in [3.8, 4) is 0 Å². The third-order valence-electron chi connectivity index (χ3n) is 3.93. The summed E-state index contributed by atoms with van der Waals surface area (Å²) in [5.74, 6) is 3.60. The molecule has 0 saturated carbocycles. The summed E-state index contributed by atoms with van der Waals surface area (Å²) in [6.07, 6.45) is 1.15. The van der Waals surface area contributed by atoms with Gasteiger partial charge >= 0.3 is 0 Å². The van der Waals surface area contributed by atoms with Crippen LogP contribution in [0.15, 0.2) is 34.7 Å². The van der Waals surface area contributed by atoms with Gasteiger partial charge in [0.15, 0.2) is 0 Å². The molecule has 1 aromatic heterocycles. The first-order chi connectivity index (χ1) is 10.3. The summed E-state index contributed by atoms with van der Waals surface area (Å²) in [5.41, 5.74) is 0.997. The van der Waals surface area contributed by atoms with Crippen LogP contribution in [0.4, 0.5) is 0 Å². The number of fused-ring (bicyclic) bond motifs is 1. The van der Waals surface area contributed by atoms with Crippen LogP contribution in [0.5, 0.6) is 0 Å². The van der Waals surface area contributed by atoms with Crippen molar-refractivity contribution < 1.29 is 4.42 Å². The molecule has 21 heavy (non-hydrogen) atoms. The van der Waals surface area contributed by atoms with E-state index in [1.807, 2.05) is 6.07 Å². The summed E-state index contributed by atoms with van der Waals surface area (Å²) < 4.78 is 6.14. The average Bonchev–Trinajstić information content (AvgIpc) is 2.93. The summed E-state index contributed by atoms with van der Waals surface area (Å²) in [6, 6.07) is 10.8. The second-order valence-corrected chi connectivity index (χ2v) is 8.30. The van der Waals surface area contributed by atoms with E-state index in [0.29, 0.717) is 16.5 Å². The van der Waals surface area contributed by atoms with E-state index in [9.17, 15) is 0 Å². The van der Waals surface area contributed by atoms with Crippen molar-refractivity contribution in [2.24, 2.45) is 0 Å². The fraction of sp³-hybridized carbons (Fsp3) is 0.529. The van der Waals surface area contributed by atoms with Crippen molar-refractivity contribution in [1.82, 2.24) is 5.32 Å². The molecule has 0 radical (unpaired) electrons. The minimum Gasteiger partial charge on any atom is -0.459 e. The molecule has 1 aliphatic rings. The van der Waals surface area contributed by atoms with Crippen LogP contribution in [-0.4, -0.2) is 28.6 Å². The first kappa shape index (κ1) is 15.3. The molecular formula is C17H23NOS2. The maximum atomic E-state index is 6.14. The maximum absolute atomic E-state index is 6.14. The highest BCUT2D eigenvalue weighted by atomic mass is 32.2. The highest BCUT2D eigenvalue weighted by Crippen LogP contribution is 2.39. The van der Waals surface area contributed by atoms with Crippen molar-refractivity contribution in [2.75, 3.05) is 18.1 Å². The number of hydrogen-bond donors (Lipinski definition) is 1. The molecule has 1 N–H and O–H groups in total. The molecule has 3 rings (SSSR count). The van der Waals surface area contributed by atoms with Gasteiger partial charge in [-0.1, -0.05) is 32.0 Å². The first-order valence-electron chi connectivity index (χ1n) is 7.74. The van der Waals surface area contributed by atoms with Crippen molar-refractivity contribution in [2.45, 2.75) is 36.8 Å². The SMILES string of the molecule is CCCNC(c1cc2ccccc2o1)C1SCCSC1C. The Hall–Kier alpha value is -0.580. The van der Waals surface area contributed by atoms with E-state index < -0.39 is 0 Å². The molecule has 4 heteroatoms. The molecule has 1 aromatic carbocycles. The molecule has 3 unspecified atom stereocenters. The zero-order chi connectivity index (χ0) is 14.7. The molecule has 0 amide bonds. The quantitative estimate of drug-likeness (QED) is 0.862. The molecule has 0 bridgehead atoms. The van der Waals surface area contributed by atoms with Crippen LogP contribution in [-0.2, 0) is 0 Å². The normalized spacial score (nSPS) is 24.3. The fourth-order valence-corrected chi connectivity index (χ4v) is 5.78. The number of hydrogen-bond acceptors (Lipinski definition) is 4. The lowest BCUT2D eigenvalue weighted by Crippen LogP contribution is -2.37. The lowest BCUT2D eigenvalue weighted by molar-refractivity contribution is 0.417. The Bertz CT molecular complexity index is 550. The third kappa shape index (κ3) is 3.43. The van der Waals surface area contributed by atoms with Crippen LogP contribution in [0.3, 0.4) is 0 Å². The summed E-state index contributed by atoms with van der Waals surface area (Å²) in [6.45, 7) is 5.61. The molecule has 3 atom stereocenters. The van der Waals surface area contributed by atoms with Crippen LogP contribution in [0, 0.1) is 0 Å². The van der Waals surface area contributed by atoms with Crippen LogP contribution in [0.1, 0.15) is 32.1 Å². The third-order valence-corrected chi connectivity index (χ3v) is 7.13. The van der Waals surface area contributed by atoms with Crippen LogP contribution in [0.25, 0.3) is 11.0 Å². The summed E-state index contributed by atoms with van der Waals surface area (Å²) >= 11 is 4.18. The molecule has 2 heterocycles. The number of furan rings is 1. The standard InChI is InChI=1S/C17H23NOS2/c1-3-8-18-16(17-12(2)20-9-10-21-17)15-11-13-6-4-5-7-14(13)19-15/h4-7,11-12,16-18H,3,8-10H2,1-2H3. The van der Waals surface area contributed by atoms with Crippen molar-refractivity contribution >= 4 is 34.5 Å².